The van der Waals surface area contributed by atoms with Crippen molar-refractivity contribution in [2.24, 2.45) is 0 Å². The van der Waals surface area contributed by atoms with E-state index in [2.05, 4.69) is 11.8 Å². The van der Waals surface area contributed by atoms with Gasteiger partial charge in [0, 0.05) is 37.2 Å². The van der Waals surface area contributed by atoms with Crippen molar-refractivity contribution in [2.75, 3.05) is 26.3 Å². The number of hydrogen-bond donors (Lipinski definition) is 2. The highest BCUT2D eigenvalue weighted by Crippen LogP contribution is 2.08. The van der Waals surface area contributed by atoms with Gasteiger partial charge in [-0.15, -0.1) is 0 Å². The van der Waals surface area contributed by atoms with E-state index in [9.17, 15) is 4.79 Å². The summed E-state index contributed by atoms with van der Waals surface area (Å²) in [4.78, 5) is 14.0. The SMILES string of the molecule is CCN(CCCO)C(=O)c1cccc(C#CCCO)c1. The molecule has 0 saturated heterocycles. The Bertz CT molecular complexity index is 488. The van der Waals surface area contributed by atoms with Crippen molar-refractivity contribution in [1.29, 1.82) is 0 Å². The second kappa shape index (κ2) is 9.13. The molecular weight excluding hydrogens is 254 g/mol. The minimum absolute atomic E-state index is 0.0381. The third-order valence-electron chi connectivity index (χ3n) is 2.83. The summed E-state index contributed by atoms with van der Waals surface area (Å²) in [5.41, 5.74) is 1.36. The number of benzene rings is 1. The summed E-state index contributed by atoms with van der Waals surface area (Å²) in [6.45, 7) is 3.19. The highest BCUT2D eigenvalue weighted by molar-refractivity contribution is 5.94. The number of amides is 1. The van der Waals surface area contributed by atoms with Crippen LogP contribution in [-0.4, -0.2) is 47.3 Å². The smallest absolute Gasteiger partial charge is 0.253 e. The van der Waals surface area contributed by atoms with Gasteiger partial charge in [-0.25, -0.2) is 0 Å². The molecular formula is C16H21NO3. The average Bonchev–Trinajstić information content (AvgIpc) is 2.48. The molecule has 1 aromatic rings. The van der Waals surface area contributed by atoms with Crippen molar-refractivity contribution in [1.82, 2.24) is 4.90 Å². The first-order valence-electron chi connectivity index (χ1n) is 6.82. The second-order valence-corrected chi connectivity index (χ2v) is 4.32. The van der Waals surface area contributed by atoms with Crippen LogP contribution in [0.25, 0.3) is 0 Å². The first kappa shape index (κ1) is 16.2. The maximum Gasteiger partial charge on any atom is 0.253 e. The van der Waals surface area contributed by atoms with Crippen LogP contribution < -0.4 is 0 Å². The normalized spacial score (nSPS) is 9.75. The van der Waals surface area contributed by atoms with Crippen molar-refractivity contribution in [3.8, 4) is 11.8 Å². The topological polar surface area (TPSA) is 60.8 Å². The van der Waals surface area contributed by atoms with Gasteiger partial charge in [0.2, 0.25) is 0 Å². The van der Waals surface area contributed by atoms with Gasteiger partial charge in [0.25, 0.3) is 5.91 Å². The van der Waals surface area contributed by atoms with E-state index in [1.807, 2.05) is 13.0 Å². The van der Waals surface area contributed by atoms with Crippen LogP contribution in [0.3, 0.4) is 0 Å². The highest BCUT2D eigenvalue weighted by Gasteiger charge is 2.13. The zero-order valence-corrected chi connectivity index (χ0v) is 11.8. The van der Waals surface area contributed by atoms with Crippen molar-refractivity contribution in [3.05, 3.63) is 35.4 Å². The molecule has 4 nitrogen and oxygen atoms in total. The van der Waals surface area contributed by atoms with Gasteiger partial charge >= 0.3 is 0 Å². The Kier molecular flexibility index (Phi) is 7.41. The summed E-state index contributed by atoms with van der Waals surface area (Å²) in [5.74, 6) is 5.71. The molecule has 0 spiro atoms. The van der Waals surface area contributed by atoms with E-state index in [4.69, 9.17) is 10.2 Å². The zero-order chi connectivity index (χ0) is 14.8. The number of carbonyl (C=O) groups excluding carboxylic acids is 1. The number of aliphatic hydroxyl groups excluding tert-OH is 2. The largest absolute Gasteiger partial charge is 0.396 e. The average molecular weight is 275 g/mol. The molecule has 0 aromatic heterocycles. The van der Waals surface area contributed by atoms with Gasteiger partial charge in [0.1, 0.15) is 0 Å². The third-order valence-corrected chi connectivity index (χ3v) is 2.83. The monoisotopic (exact) mass is 275 g/mol. The summed E-state index contributed by atoms with van der Waals surface area (Å²) < 4.78 is 0. The second-order valence-electron chi connectivity index (χ2n) is 4.32. The van der Waals surface area contributed by atoms with Crippen LogP contribution in [0.4, 0.5) is 0 Å². The van der Waals surface area contributed by atoms with Gasteiger partial charge in [-0.05, 0) is 31.5 Å². The maximum absolute atomic E-state index is 12.3. The van der Waals surface area contributed by atoms with E-state index in [1.54, 1.807) is 23.1 Å². The van der Waals surface area contributed by atoms with Crippen molar-refractivity contribution < 1.29 is 15.0 Å². The summed E-state index contributed by atoms with van der Waals surface area (Å²) >= 11 is 0. The fraction of sp³-hybridized carbons (Fsp3) is 0.438. The predicted molar refractivity (Wildman–Crippen MR) is 78.3 cm³/mol. The van der Waals surface area contributed by atoms with Crippen LogP contribution in [0.5, 0.6) is 0 Å². The molecule has 0 aliphatic rings. The molecule has 1 amide bonds. The van der Waals surface area contributed by atoms with Crippen LogP contribution >= 0.6 is 0 Å². The number of hydrogen-bond acceptors (Lipinski definition) is 3. The van der Waals surface area contributed by atoms with Crippen LogP contribution in [0.1, 0.15) is 35.7 Å². The molecule has 0 aliphatic heterocycles. The predicted octanol–water partition coefficient (Wildman–Crippen LogP) is 1.26. The summed E-state index contributed by atoms with van der Waals surface area (Å²) in [5, 5.41) is 17.5. The van der Waals surface area contributed by atoms with E-state index >= 15 is 0 Å². The lowest BCUT2D eigenvalue weighted by atomic mass is 10.1. The lowest BCUT2D eigenvalue weighted by Crippen LogP contribution is -2.32. The molecule has 4 heteroatoms. The molecule has 20 heavy (non-hydrogen) atoms. The Morgan fingerprint density at radius 2 is 2.10 bits per heavy atom. The Hall–Kier alpha value is -1.83. The first-order valence-corrected chi connectivity index (χ1v) is 6.82. The molecule has 108 valence electrons. The molecule has 0 unspecified atom stereocenters. The number of nitrogens with zero attached hydrogens (tertiary/aromatic N) is 1. The summed E-state index contributed by atoms with van der Waals surface area (Å²) in [6.07, 6.45) is 1.01. The highest BCUT2D eigenvalue weighted by atomic mass is 16.3. The summed E-state index contributed by atoms with van der Waals surface area (Å²) in [7, 11) is 0. The number of rotatable bonds is 6. The lowest BCUT2D eigenvalue weighted by Gasteiger charge is -2.20. The fourth-order valence-electron chi connectivity index (χ4n) is 1.80. The summed E-state index contributed by atoms with van der Waals surface area (Å²) in [6, 6.07) is 7.16. The molecule has 1 rings (SSSR count). The van der Waals surface area contributed by atoms with E-state index < -0.39 is 0 Å². The van der Waals surface area contributed by atoms with Gasteiger partial charge in [-0.2, -0.15) is 0 Å². The quantitative estimate of drug-likeness (QED) is 0.769. The van der Waals surface area contributed by atoms with E-state index in [0.29, 0.717) is 31.5 Å². The van der Waals surface area contributed by atoms with Crippen LogP contribution in [-0.2, 0) is 0 Å². The maximum atomic E-state index is 12.3. The van der Waals surface area contributed by atoms with Crippen molar-refractivity contribution in [2.45, 2.75) is 19.8 Å². The molecule has 2 N–H and O–H groups in total. The van der Waals surface area contributed by atoms with E-state index in [1.165, 1.54) is 0 Å². The first-order chi connectivity index (χ1) is 9.72. The lowest BCUT2D eigenvalue weighted by molar-refractivity contribution is 0.0754. The van der Waals surface area contributed by atoms with Gasteiger partial charge in [-0.3, -0.25) is 4.79 Å². The Morgan fingerprint density at radius 3 is 2.75 bits per heavy atom. The zero-order valence-electron chi connectivity index (χ0n) is 11.8. The van der Waals surface area contributed by atoms with Crippen LogP contribution in [0, 0.1) is 11.8 Å². The van der Waals surface area contributed by atoms with E-state index in [-0.39, 0.29) is 19.1 Å². The van der Waals surface area contributed by atoms with Crippen molar-refractivity contribution >= 4 is 5.91 Å². The molecule has 0 bridgehead atoms. The van der Waals surface area contributed by atoms with Gasteiger partial charge in [-0.1, -0.05) is 17.9 Å². The molecule has 0 fully saturated rings. The Labute approximate surface area is 120 Å². The fourth-order valence-corrected chi connectivity index (χ4v) is 1.80. The molecule has 0 saturated carbocycles. The third kappa shape index (κ3) is 5.04. The van der Waals surface area contributed by atoms with Gasteiger partial charge in [0.15, 0.2) is 0 Å². The molecule has 1 aromatic carbocycles. The minimum Gasteiger partial charge on any atom is -0.396 e. The Morgan fingerprint density at radius 1 is 1.30 bits per heavy atom. The Balaban J connectivity index is 2.82. The number of carbonyl (C=O) groups is 1. The van der Waals surface area contributed by atoms with Crippen molar-refractivity contribution in [3.63, 3.8) is 0 Å². The molecule has 0 atom stereocenters. The number of aliphatic hydroxyl groups is 2. The van der Waals surface area contributed by atoms with Gasteiger partial charge < -0.3 is 15.1 Å². The van der Waals surface area contributed by atoms with Crippen LogP contribution in [0.15, 0.2) is 24.3 Å². The molecule has 0 radical (unpaired) electrons. The van der Waals surface area contributed by atoms with E-state index in [0.717, 1.165) is 5.56 Å². The standard InChI is InChI=1S/C16H21NO3/c1-2-17(10-6-12-19)16(20)15-9-5-8-14(13-15)7-3-4-11-18/h5,8-9,13,18-19H,2,4,6,10-12H2,1H3. The minimum atomic E-state index is -0.0493. The molecule has 0 heterocycles. The van der Waals surface area contributed by atoms with Crippen LogP contribution in [0.2, 0.25) is 0 Å². The molecule has 0 aliphatic carbocycles. The van der Waals surface area contributed by atoms with Gasteiger partial charge in [0.05, 0.1) is 6.61 Å².